The number of nitrogens with two attached hydrogens (primary N) is 1. The third kappa shape index (κ3) is 4.91. The minimum atomic E-state index is -0.0486. The van der Waals surface area contributed by atoms with Crippen LogP contribution >= 0.6 is 36.2 Å². The van der Waals surface area contributed by atoms with Gasteiger partial charge in [0.05, 0.1) is 0 Å². The van der Waals surface area contributed by atoms with Crippen LogP contribution in [0, 0.1) is 12.8 Å². The van der Waals surface area contributed by atoms with E-state index in [1.165, 1.54) is 12.8 Å². The summed E-state index contributed by atoms with van der Waals surface area (Å²) in [5, 5.41) is 6.01. The number of halogens is 2. The molecule has 126 valence electrons. The molecule has 7 heteroatoms. The molecular formula is C16H21Cl2N3OS. The quantitative estimate of drug-likeness (QED) is 0.843. The van der Waals surface area contributed by atoms with E-state index in [4.69, 9.17) is 5.73 Å². The molecule has 1 saturated carbocycles. The van der Waals surface area contributed by atoms with Crippen LogP contribution in [0.3, 0.4) is 0 Å². The zero-order valence-corrected chi connectivity index (χ0v) is 15.3. The number of thiazole rings is 1. The largest absolute Gasteiger partial charge is 0.348 e. The number of amides is 1. The van der Waals surface area contributed by atoms with Gasteiger partial charge in [-0.1, -0.05) is 12.1 Å². The Morgan fingerprint density at radius 2 is 2.17 bits per heavy atom. The molecular weight excluding hydrogens is 353 g/mol. The van der Waals surface area contributed by atoms with E-state index < -0.39 is 0 Å². The van der Waals surface area contributed by atoms with Crippen molar-refractivity contribution in [3.63, 3.8) is 0 Å². The van der Waals surface area contributed by atoms with Gasteiger partial charge in [0.25, 0.3) is 5.91 Å². The Labute approximate surface area is 152 Å². The third-order valence-electron chi connectivity index (χ3n) is 3.75. The summed E-state index contributed by atoms with van der Waals surface area (Å²) >= 11 is 1.59. The number of aryl methyl sites for hydroxylation is 1. The van der Waals surface area contributed by atoms with E-state index in [2.05, 4.69) is 10.3 Å². The van der Waals surface area contributed by atoms with E-state index in [0.717, 1.165) is 16.3 Å². The van der Waals surface area contributed by atoms with E-state index in [0.29, 0.717) is 18.0 Å². The zero-order chi connectivity index (χ0) is 14.8. The maximum Gasteiger partial charge on any atom is 0.251 e. The number of hydrogen-bond acceptors (Lipinski definition) is 4. The van der Waals surface area contributed by atoms with Gasteiger partial charge in [0.1, 0.15) is 5.01 Å². The fourth-order valence-corrected chi connectivity index (χ4v) is 3.19. The Balaban J connectivity index is 0.00000132. The highest BCUT2D eigenvalue weighted by atomic mass is 35.5. The van der Waals surface area contributed by atoms with Gasteiger partial charge in [0, 0.05) is 34.8 Å². The monoisotopic (exact) mass is 373 g/mol. The lowest BCUT2D eigenvalue weighted by Crippen LogP contribution is -2.41. The zero-order valence-electron chi connectivity index (χ0n) is 12.8. The van der Waals surface area contributed by atoms with Gasteiger partial charge in [-0.25, -0.2) is 4.98 Å². The van der Waals surface area contributed by atoms with Gasteiger partial charge < -0.3 is 11.1 Å². The van der Waals surface area contributed by atoms with E-state index in [9.17, 15) is 4.79 Å². The van der Waals surface area contributed by atoms with Crippen molar-refractivity contribution < 1.29 is 4.79 Å². The summed E-state index contributed by atoms with van der Waals surface area (Å²) < 4.78 is 0. The fourth-order valence-electron chi connectivity index (χ4n) is 2.40. The maximum absolute atomic E-state index is 12.4. The molecule has 1 heterocycles. The first-order chi connectivity index (χ1) is 10.2. The van der Waals surface area contributed by atoms with Crippen LogP contribution in [0.1, 0.15) is 28.9 Å². The van der Waals surface area contributed by atoms with Crippen molar-refractivity contribution in [1.82, 2.24) is 10.3 Å². The lowest BCUT2D eigenvalue weighted by Gasteiger charge is -2.16. The molecule has 23 heavy (non-hydrogen) atoms. The summed E-state index contributed by atoms with van der Waals surface area (Å²) in [5.41, 5.74) is 8.39. The van der Waals surface area contributed by atoms with Crippen LogP contribution in [0.2, 0.25) is 0 Å². The minimum Gasteiger partial charge on any atom is -0.348 e. The van der Waals surface area contributed by atoms with Crippen LogP contribution in [0.15, 0.2) is 29.6 Å². The average Bonchev–Trinajstić information content (AvgIpc) is 3.25. The molecule has 0 radical (unpaired) electrons. The molecule has 4 nitrogen and oxygen atoms in total. The minimum absolute atomic E-state index is 0. The van der Waals surface area contributed by atoms with Crippen molar-refractivity contribution in [3.05, 3.63) is 40.9 Å². The molecule has 1 aromatic heterocycles. The molecule has 1 amide bonds. The van der Waals surface area contributed by atoms with Crippen LogP contribution in [-0.4, -0.2) is 23.5 Å². The Morgan fingerprint density at radius 3 is 2.74 bits per heavy atom. The van der Waals surface area contributed by atoms with Crippen LogP contribution < -0.4 is 11.1 Å². The molecule has 1 aliphatic carbocycles. The standard InChI is InChI=1S/C16H19N3OS.2ClH/c1-10-9-21-16(18-10)13-4-2-3-12(7-13)15(20)19-14(8-17)11-5-6-11;;/h2-4,7,9,11,14H,5-6,8,17H2,1H3,(H,19,20);2*1H. The van der Waals surface area contributed by atoms with Crippen molar-refractivity contribution in [1.29, 1.82) is 0 Å². The molecule has 0 saturated heterocycles. The highest BCUT2D eigenvalue weighted by molar-refractivity contribution is 7.13. The SMILES string of the molecule is Cc1csc(-c2cccc(C(=O)NC(CN)C3CC3)c2)n1.Cl.Cl. The molecule has 2 aromatic rings. The third-order valence-corrected chi connectivity index (χ3v) is 4.76. The second-order valence-electron chi connectivity index (χ2n) is 5.53. The van der Waals surface area contributed by atoms with E-state index in [1.807, 2.05) is 36.6 Å². The second kappa shape index (κ2) is 8.64. The second-order valence-corrected chi connectivity index (χ2v) is 6.39. The first-order valence-electron chi connectivity index (χ1n) is 7.21. The predicted molar refractivity (Wildman–Crippen MR) is 99.8 cm³/mol. The Bertz CT molecular complexity index is 658. The number of hydrogen-bond donors (Lipinski definition) is 2. The predicted octanol–water partition coefficient (Wildman–Crippen LogP) is 3.43. The van der Waals surface area contributed by atoms with Gasteiger partial charge in [-0.15, -0.1) is 36.2 Å². The fraction of sp³-hybridized carbons (Fsp3) is 0.375. The van der Waals surface area contributed by atoms with Gasteiger partial charge in [-0.3, -0.25) is 4.79 Å². The number of benzene rings is 1. The van der Waals surface area contributed by atoms with Crippen LogP contribution in [0.4, 0.5) is 0 Å². The summed E-state index contributed by atoms with van der Waals surface area (Å²) in [6, 6.07) is 7.71. The number of nitrogens with one attached hydrogen (secondary N) is 1. The lowest BCUT2D eigenvalue weighted by molar-refractivity contribution is 0.0933. The van der Waals surface area contributed by atoms with Crippen molar-refractivity contribution in [3.8, 4) is 10.6 Å². The molecule has 1 atom stereocenters. The first kappa shape index (κ1) is 19.9. The van der Waals surface area contributed by atoms with Gasteiger partial charge in [-0.2, -0.15) is 0 Å². The van der Waals surface area contributed by atoms with E-state index in [-0.39, 0.29) is 36.8 Å². The molecule has 0 spiro atoms. The highest BCUT2D eigenvalue weighted by Crippen LogP contribution is 2.32. The van der Waals surface area contributed by atoms with Crippen LogP contribution in [0.5, 0.6) is 0 Å². The normalized spacial score (nSPS) is 14.3. The van der Waals surface area contributed by atoms with Crippen LogP contribution in [-0.2, 0) is 0 Å². The Kier molecular flexibility index (Phi) is 7.48. The number of nitrogens with zero attached hydrogens (tertiary/aromatic N) is 1. The smallest absolute Gasteiger partial charge is 0.251 e. The van der Waals surface area contributed by atoms with E-state index in [1.54, 1.807) is 11.3 Å². The molecule has 0 bridgehead atoms. The number of carbonyl (C=O) groups is 1. The maximum atomic E-state index is 12.4. The topological polar surface area (TPSA) is 68.0 Å². The van der Waals surface area contributed by atoms with Crippen molar-refractivity contribution in [2.75, 3.05) is 6.54 Å². The lowest BCUT2D eigenvalue weighted by atomic mass is 10.1. The summed E-state index contributed by atoms with van der Waals surface area (Å²) in [6.07, 6.45) is 2.33. The number of rotatable bonds is 5. The molecule has 0 aliphatic heterocycles. The average molecular weight is 374 g/mol. The van der Waals surface area contributed by atoms with Gasteiger partial charge in [0.15, 0.2) is 0 Å². The van der Waals surface area contributed by atoms with Gasteiger partial charge in [0.2, 0.25) is 0 Å². The van der Waals surface area contributed by atoms with Crippen molar-refractivity contribution >= 4 is 42.1 Å². The Morgan fingerprint density at radius 1 is 1.43 bits per heavy atom. The first-order valence-corrected chi connectivity index (χ1v) is 8.09. The van der Waals surface area contributed by atoms with E-state index >= 15 is 0 Å². The van der Waals surface area contributed by atoms with Crippen molar-refractivity contribution in [2.24, 2.45) is 11.7 Å². The number of carbonyl (C=O) groups excluding carboxylic acids is 1. The Hall–Kier alpha value is -1.14. The molecule has 3 rings (SSSR count). The summed E-state index contributed by atoms with van der Waals surface area (Å²) in [4.78, 5) is 16.8. The van der Waals surface area contributed by atoms with Gasteiger partial charge >= 0.3 is 0 Å². The van der Waals surface area contributed by atoms with Crippen LogP contribution in [0.25, 0.3) is 10.6 Å². The molecule has 3 N–H and O–H groups in total. The van der Waals surface area contributed by atoms with Crippen molar-refractivity contribution in [2.45, 2.75) is 25.8 Å². The van der Waals surface area contributed by atoms with Gasteiger partial charge in [-0.05, 0) is 37.8 Å². The molecule has 1 aromatic carbocycles. The summed E-state index contributed by atoms with van der Waals surface area (Å²) in [6.45, 7) is 2.47. The number of aromatic nitrogens is 1. The molecule has 1 aliphatic rings. The summed E-state index contributed by atoms with van der Waals surface area (Å²) in [7, 11) is 0. The summed E-state index contributed by atoms with van der Waals surface area (Å²) in [5.74, 6) is 0.510. The molecule has 1 fully saturated rings. The highest BCUT2D eigenvalue weighted by Gasteiger charge is 2.31. The molecule has 1 unspecified atom stereocenters.